The molecule has 4 aromatic rings. The molecule has 0 aliphatic heterocycles. The number of hydrogen-bond donors (Lipinski definition) is 1. The molecule has 3 heterocycles. The predicted octanol–water partition coefficient (Wildman–Crippen LogP) is 4.73. The zero-order valence-electron chi connectivity index (χ0n) is 18.3. The Labute approximate surface area is 177 Å². The van der Waals surface area contributed by atoms with Gasteiger partial charge in [-0.15, -0.1) is 0 Å². The normalized spacial score (nSPS) is 19.9. The van der Waals surface area contributed by atoms with Crippen molar-refractivity contribution in [3.05, 3.63) is 47.5 Å². The van der Waals surface area contributed by atoms with Crippen LogP contribution in [0.15, 0.2) is 30.7 Å². The van der Waals surface area contributed by atoms with Crippen LogP contribution in [-0.2, 0) is 6.42 Å². The van der Waals surface area contributed by atoms with Gasteiger partial charge in [-0.05, 0) is 88.0 Å². The lowest BCUT2D eigenvalue weighted by Gasteiger charge is -2.32. The Balaban J connectivity index is 1.54. The van der Waals surface area contributed by atoms with E-state index in [-0.39, 0.29) is 0 Å². The first-order valence-corrected chi connectivity index (χ1v) is 11.0. The van der Waals surface area contributed by atoms with Gasteiger partial charge in [-0.3, -0.25) is 5.10 Å². The Hall–Kier alpha value is -2.73. The van der Waals surface area contributed by atoms with Gasteiger partial charge >= 0.3 is 0 Å². The van der Waals surface area contributed by atoms with Gasteiger partial charge in [0.25, 0.3) is 0 Å². The average molecular weight is 403 g/mol. The molecule has 0 bridgehead atoms. The van der Waals surface area contributed by atoms with E-state index >= 15 is 0 Å². The number of hydrogen-bond acceptors (Lipinski definition) is 4. The molecule has 0 amide bonds. The van der Waals surface area contributed by atoms with Gasteiger partial charge in [-0.2, -0.15) is 10.2 Å². The summed E-state index contributed by atoms with van der Waals surface area (Å²) < 4.78 is 1.87. The molecule has 156 valence electrons. The highest BCUT2D eigenvalue weighted by molar-refractivity contribution is 5.88. The maximum Gasteiger partial charge on any atom is 0.158 e. The van der Waals surface area contributed by atoms with Crippen LogP contribution in [0.2, 0.25) is 0 Å². The molecular formula is C24H30N6. The largest absolute Gasteiger partial charge is 0.306 e. The number of H-pyrrole nitrogens is 1. The number of aryl methyl sites for hydroxylation is 2. The molecule has 0 unspecified atom stereocenters. The summed E-state index contributed by atoms with van der Waals surface area (Å²) >= 11 is 0. The number of nitrogens with one attached hydrogen (secondary N) is 1. The quantitative estimate of drug-likeness (QED) is 0.536. The van der Waals surface area contributed by atoms with Crippen molar-refractivity contribution in [1.29, 1.82) is 0 Å². The second-order valence-corrected chi connectivity index (χ2v) is 8.93. The van der Waals surface area contributed by atoms with Crippen LogP contribution in [-0.4, -0.2) is 49.8 Å². The number of pyridine rings is 1. The first kappa shape index (κ1) is 19.2. The van der Waals surface area contributed by atoms with Gasteiger partial charge in [0.05, 0.1) is 5.52 Å². The highest BCUT2D eigenvalue weighted by Crippen LogP contribution is 2.38. The zero-order chi connectivity index (χ0) is 20.8. The molecule has 1 N–H and O–H groups in total. The van der Waals surface area contributed by atoms with Crippen molar-refractivity contribution in [2.75, 3.05) is 14.1 Å². The molecule has 5 rings (SSSR count). The molecule has 0 spiro atoms. The summed E-state index contributed by atoms with van der Waals surface area (Å²) in [5.74, 6) is 0.579. The van der Waals surface area contributed by atoms with Crippen molar-refractivity contribution < 1.29 is 0 Å². The number of aromatic nitrogens is 5. The van der Waals surface area contributed by atoms with Gasteiger partial charge in [0.1, 0.15) is 6.33 Å². The average Bonchev–Trinajstić information content (AvgIpc) is 3.39. The van der Waals surface area contributed by atoms with Gasteiger partial charge in [0.2, 0.25) is 0 Å². The smallest absolute Gasteiger partial charge is 0.158 e. The molecule has 6 heteroatoms. The van der Waals surface area contributed by atoms with E-state index in [0.717, 1.165) is 23.1 Å². The molecule has 1 aromatic carbocycles. The first-order valence-electron chi connectivity index (χ1n) is 11.0. The van der Waals surface area contributed by atoms with Crippen molar-refractivity contribution in [3.63, 3.8) is 0 Å². The Morgan fingerprint density at radius 1 is 1.13 bits per heavy atom. The van der Waals surface area contributed by atoms with Gasteiger partial charge in [-0.1, -0.05) is 6.92 Å². The highest BCUT2D eigenvalue weighted by Gasteiger charge is 2.26. The SMILES string of the molecule is CCc1cc2c(C3CCC(N(C)C)CC3)[nH]nc2cc1-c1cc(C)c2ncnn2c1. The summed E-state index contributed by atoms with van der Waals surface area (Å²) in [6.07, 6.45) is 9.64. The third-order valence-electron chi connectivity index (χ3n) is 6.89. The first-order chi connectivity index (χ1) is 14.5. The minimum absolute atomic E-state index is 0.579. The van der Waals surface area contributed by atoms with Crippen LogP contribution < -0.4 is 0 Å². The van der Waals surface area contributed by atoms with Crippen molar-refractivity contribution in [2.45, 2.75) is 57.9 Å². The van der Waals surface area contributed by atoms with Crippen molar-refractivity contribution in [1.82, 2.24) is 29.7 Å². The van der Waals surface area contributed by atoms with E-state index in [9.17, 15) is 0 Å². The molecule has 1 aliphatic rings. The lowest BCUT2D eigenvalue weighted by Crippen LogP contribution is -2.31. The topological polar surface area (TPSA) is 62.1 Å². The van der Waals surface area contributed by atoms with E-state index in [1.165, 1.54) is 53.5 Å². The predicted molar refractivity (Wildman–Crippen MR) is 121 cm³/mol. The van der Waals surface area contributed by atoms with Crippen LogP contribution in [0, 0.1) is 6.92 Å². The minimum Gasteiger partial charge on any atom is -0.306 e. The maximum absolute atomic E-state index is 4.71. The molecule has 30 heavy (non-hydrogen) atoms. The molecule has 0 atom stereocenters. The van der Waals surface area contributed by atoms with Crippen LogP contribution in [0.1, 0.15) is 55.3 Å². The van der Waals surface area contributed by atoms with E-state index < -0.39 is 0 Å². The minimum atomic E-state index is 0.579. The summed E-state index contributed by atoms with van der Waals surface area (Å²) in [6.45, 7) is 4.32. The van der Waals surface area contributed by atoms with Gasteiger partial charge in [0.15, 0.2) is 5.65 Å². The summed E-state index contributed by atoms with van der Waals surface area (Å²) in [4.78, 5) is 6.72. The molecule has 3 aromatic heterocycles. The van der Waals surface area contributed by atoms with Crippen LogP contribution in [0.25, 0.3) is 27.7 Å². The highest BCUT2D eigenvalue weighted by atomic mass is 15.3. The monoisotopic (exact) mass is 402 g/mol. The zero-order valence-corrected chi connectivity index (χ0v) is 18.3. The fraction of sp³-hybridized carbons (Fsp3) is 0.458. The van der Waals surface area contributed by atoms with E-state index in [1.54, 1.807) is 6.33 Å². The molecular weight excluding hydrogens is 372 g/mol. The number of fused-ring (bicyclic) bond motifs is 2. The van der Waals surface area contributed by atoms with Gasteiger partial charge < -0.3 is 4.90 Å². The lowest BCUT2D eigenvalue weighted by atomic mass is 9.82. The molecule has 6 nitrogen and oxygen atoms in total. The standard InChI is InChI=1S/C24H30N6/c1-5-16-11-21-22(27-28-23(21)17-6-8-19(9-7-17)29(3)4)12-20(16)18-10-15(2)24-25-14-26-30(24)13-18/h10-14,17,19H,5-9H2,1-4H3,(H,27,28). The summed E-state index contributed by atoms with van der Waals surface area (Å²) in [6, 6.07) is 7.53. The lowest BCUT2D eigenvalue weighted by molar-refractivity contribution is 0.215. The Morgan fingerprint density at radius 3 is 2.67 bits per heavy atom. The van der Waals surface area contributed by atoms with Crippen molar-refractivity contribution >= 4 is 16.6 Å². The molecule has 1 saturated carbocycles. The number of rotatable bonds is 4. The third kappa shape index (κ3) is 3.19. The van der Waals surface area contributed by atoms with Gasteiger partial charge in [-0.25, -0.2) is 9.50 Å². The summed E-state index contributed by atoms with van der Waals surface area (Å²) in [5, 5.41) is 13.8. The second-order valence-electron chi connectivity index (χ2n) is 8.93. The number of aromatic amines is 1. The molecule has 1 fully saturated rings. The van der Waals surface area contributed by atoms with Crippen LogP contribution in [0.5, 0.6) is 0 Å². The van der Waals surface area contributed by atoms with Crippen LogP contribution in [0.3, 0.4) is 0 Å². The van der Waals surface area contributed by atoms with E-state index in [4.69, 9.17) is 5.10 Å². The third-order valence-corrected chi connectivity index (χ3v) is 6.89. The van der Waals surface area contributed by atoms with E-state index in [2.05, 4.69) is 72.4 Å². The number of nitrogens with zero attached hydrogens (tertiary/aromatic N) is 5. The molecule has 1 aliphatic carbocycles. The fourth-order valence-electron chi connectivity index (χ4n) is 5.12. The van der Waals surface area contributed by atoms with E-state index in [1.807, 2.05) is 4.52 Å². The Morgan fingerprint density at radius 2 is 1.93 bits per heavy atom. The van der Waals surface area contributed by atoms with Crippen molar-refractivity contribution in [3.8, 4) is 11.1 Å². The van der Waals surface area contributed by atoms with Crippen LogP contribution in [0.4, 0.5) is 0 Å². The maximum atomic E-state index is 4.71. The van der Waals surface area contributed by atoms with Crippen molar-refractivity contribution in [2.24, 2.45) is 0 Å². The van der Waals surface area contributed by atoms with Gasteiger partial charge in [0, 0.05) is 34.8 Å². The Kier molecular flexibility index (Phi) is 4.82. The van der Waals surface area contributed by atoms with E-state index in [0.29, 0.717) is 12.0 Å². The Bertz CT molecular complexity index is 1190. The summed E-state index contributed by atoms with van der Waals surface area (Å²) in [5.41, 5.74) is 8.18. The van der Waals surface area contributed by atoms with Crippen LogP contribution >= 0.6 is 0 Å². The number of benzene rings is 1. The molecule has 0 saturated heterocycles. The summed E-state index contributed by atoms with van der Waals surface area (Å²) in [7, 11) is 4.40. The molecule has 0 radical (unpaired) electrons. The second kappa shape index (κ2) is 7.51. The fourth-order valence-corrected chi connectivity index (χ4v) is 5.12.